The molecule has 0 spiro atoms. The molecule has 63 heavy (non-hydrogen) atoms. The molecule has 0 radical (unpaired) electrons. The van der Waals surface area contributed by atoms with Crippen LogP contribution < -0.4 is 20.9 Å². The van der Waals surface area contributed by atoms with Crippen LogP contribution in [0.4, 0.5) is 5.82 Å². The number of H-pyrrole nitrogens is 1. The average molecular weight is 995 g/mol. The van der Waals surface area contributed by atoms with Crippen LogP contribution in [0.15, 0.2) is 24.8 Å². The monoisotopic (exact) mass is 994 g/mol. The van der Waals surface area contributed by atoms with Crippen molar-refractivity contribution in [2.24, 2.45) is 5.41 Å². The van der Waals surface area contributed by atoms with Crippen LogP contribution in [0.3, 0.4) is 0 Å². The Morgan fingerprint density at radius 2 is 1.83 bits per heavy atom. The Balaban J connectivity index is 1.42. The van der Waals surface area contributed by atoms with E-state index in [9.17, 15) is 62.7 Å². The topological polar surface area (TPSA) is 383 Å². The molecular formula is C33H55N7O18P3S2+. The van der Waals surface area contributed by atoms with Crippen LogP contribution in [0.5, 0.6) is 0 Å². The van der Waals surface area contributed by atoms with Crippen LogP contribution in [0.1, 0.15) is 65.5 Å². The maximum absolute atomic E-state index is 12.9. The highest BCUT2D eigenvalue weighted by atomic mass is 32.2. The molecule has 30 heteroatoms. The number of amides is 1. The highest BCUT2D eigenvalue weighted by Crippen LogP contribution is 2.61. The van der Waals surface area contributed by atoms with Crippen molar-refractivity contribution in [2.75, 3.05) is 43.5 Å². The molecule has 0 aliphatic carbocycles. The second-order valence-corrected chi connectivity index (χ2v) is 21.1. The molecule has 2 aromatic heterocycles. The Morgan fingerprint density at radius 1 is 1.11 bits per heavy atom. The minimum atomic E-state index is -5.58. The molecule has 25 nitrogen and oxygen atoms in total. The van der Waals surface area contributed by atoms with E-state index in [2.05, 4.69) is 41.3 Å². The molecule has 2 aromatic rings. The number of rotatable bonds is 30. The first-order valence-corrected chi connectivity index (χ1v) is 25.9. The van der Waals surface area contributed by atoms with Gasteiger partial charge in [-0.15, -0.1) is 0 Å². The predicted molar refractivity (Wildman–Crippen MR) is 226 cm³/mol. The molecule has 1 fully saturated rings. The van der Waals surface area contributed by atoms with Crippen LogP contribution >= 0.6 is 47.0 Å². The van der Waals surface area contributed by atoms with Crippen molar-refractivity contribution in [2.45, 2.75) is 95.3 Å². The van der Waals surface area contributed by atoms with Gasteiger partial charge in [-0.2, -0.15) is 21.1 Å². The molecular weight excluding hydrogens is 939 g/mol. The van der Waals surface area contributed by atoms with Crippen LogP contribution in [0.25, 0.3) is 11.2 Å². The Kier molecular flexibility index (Phi) is 22.1. The third-order valence-corrected chi connectivity index (χ3v) is 14.1. The number of nitrogen functional groups attached to an aromatic ring is 1. The second kappa shape index (κ2) is 25.4. The van der Waals surface area contributed by atoms with Gasteiger partial charge in [0, 0.05) is 36.3 Å². The molecule has 1 amide bonds. The number of nitrogens with two attached hydrogens (primary N) is 1. The van der Waals surface area contributed by atoms with Gasteiger partial charge in [-0.1, -0.05) is 62.9 Å². The number of phosphoric ester groups is 3. The number of ketones is 1. The summed E-state index contributed by atoms with van der Waals surface area (Å²) in [6, 6.07) is 0. The number of aromatic nitrogens is 4. The number of hydrogen-bond donors (Lipinski definition) is 10. The van der Waals surface area contributed by atoms with Crippen molar-refractivity contribution in [1.29, 1.82) is 0 Å². The number of carbonyl (C=O) groups is 4. The number of allylic oxidation sites excluding steroid dienone is 1. The normalized spacial score (nSPS) is 21.2. The number of unbranched alkanes of at least 4 members (excludes halogenated alkanes) is 2. The summed E-state index contributed by atoms with van der Waals surface area (Å²) in [7, 11) is -16.4. The summed E-state index contributed by atoms with van der Waals surface area (Å²) in [6.07, 6.45) is 2.25. The molecule has 1 aliphatic rings. The lowest BCUT2D eigenvalue weighted by Crippen LogP contribution is -2.46. The summed E-state index contributed by atoms with van der Waals surface area (Å²) in [4.78, 5) is 98.0. The quantitative estimate of drug-likeness (QED) is 0.0130. The summed E-state index contributed by atoms with van der Waals surface area (Å²) >= 11 is 2.58. The number of fused-ring (bicyclic) bond motifs is 1. The number of aldehydes is 1. The highest BCUT2D eigenvalue weighted by Gasteiger charge is 2.52. The van der Waals surface area contributed by atoms with Gasteiger partial charge in [0.1, 0.15) is 24.6 Å². The average Bonchev–Trinajstić information content (AvgIpc) is 3.76. The molecule has 11 N–H and O–H groups in total. The minimum Gasteiger partial charge on any atom is -0.384 e. The minimum absolute atomic E-state index is 0.00879. The SMILES string of the molecule is CCCCC[C@@H](C/C=C/C(=O)SCCNC(=O)CCN[C@H](O)C(=O)C(C)(C)COP(=O)(O)OP(=O)(O)OC[C@H]1O[C@@H]([n+]2c[nH]c3c(N)ncnc32)[C@H](O)[C@@H]1OP(=O)(O)O)SCC=O. The van der Waals surface area contributed by atoms with Crippen molar-refractivity contribution in [1.82, 2.24) is 25.6 Å². The summed E-state index contributed by atoms with van der Waals surface area (Å²) < 4.78 is 62.4. The van der Waals surface area contributed by atoms with Gasteiger partial charge in [0.25, 0.3) is 0 Å². The van der Waals surface area contributed by atoms with E-state index < -0.39 is 84.6 Å². The van der Waals surface area contributed by atoms with Gasteiger partial charge in [-0.05, 0) is 18.9 Å². The van der Waals surface area contributed by atoms with Crippen molar-refractivity contribution in [3.05, 3.63) is 24.8 Å². The predicted octanol–water partition coefficient (Wildman–Crippen LogP) is 0.911. The number of aliphatic hydroxyl groups is 2. The fraction of sp³-hybridized carbons (Fsp3) is 0.667. The maximum atomic E-state index is 12.9. The molecule has 0 saturated carbocycles. The lowest BCUT2D eigenvalue weighted by atomic mass is 9.88. The lowest BCUT2D eigenvalue weighted by molar-refractivity contribution is -0.745. The Labute approximate surface area is 370 Å². The van der Waals surface area contributed by atoms with Crippen LogP contribution in [-0.2, 0) is 55.5 Å². The van der Waals surface area contributed by atoms with E-state index in [0.29, 0.717) is 17.9 Å². The third kappa shape index (κ3) is 18.7. The fourth-order valence-corrected chi connectivity index (χ4v) is 10.1. The molecule has 1 saturated heterocycles. The number of imidazole rings is 1. The number of nitrogens with zero attached hydrogens (tertiary/aromatic N) is 3. The van der Waals surface area contributed by atoms with E-state index in [0.717, 1.165) is 50.1 Å². The number of Topliss-reactive ketones (excluding diaryl/α,β-unsaturated/α-hetero) is 1. The Bertz CT molecular complexity index is 2030. The summed E-state index contributed by atoms with van der Waals surface area (Å²) in [6.45, 7) is 2.45. The van der Waals surface area contributed by atoms with Gasteiger partial charge in [0.05, 0.1) is 18.6 Å². The molecule has 0 bridgehead atoms. The second-order valence-electron chi connectivity index (χ2n) is 14.5. The molecule has 2 unspecified atom stereocenters. The number of nitrogens with one attached hydrogen (secondary N) is 3. The summed E-state index contributed by atoms with van der Waals surface area (Å²) in [5.41, 5.74) is 4.36. The van der Waals surface area contributed by atoms with Crippen molar-refractivity contribution < 1.29 is 89.8 Å². The summed E-state index contributed by atoms with van der Waals surface area (Å²) in [5, 5.41) is 26.4. The molecule has 356 valence electrons. The van der Waals surface area contributed by atoms with Gasteiger partial charge in [0.2, 0.25) is 22.8 Å². The molecule has 3 rings (SSSR count). The standard InChI is InChI=1S/C33H54N7O18P3S2/c1-4-5-6-8-21(62-16-14-41)9-7-10-24(43)63-15-13-35-23(42)11-12-36-31(46)28(45)33(2,3)18-55-61(52,53)58-60(50,51)54-17-22-27(57-59(47,48)49)26(44)32(56-22)40-20-39-25-29(34)37-19-38-30(25)40/h7,10,14,19-22,26-27,31-32,36,44,46H,4-6,8-9,11-13,15-18H2,1-3H3,(H7,34,35,37,38,42,47,48,49,50,51,52,53)/p+1/b10-7+/t21-,22+,26+,27+,31+,32+/m0/s1. The number of aliphatic hydroxyl groups excluding tert-OH is 2. The number of phosphoric acid groups is 3. The van der Waals surface area contributed by atoms with Gasteiger partial charge in [-0.3, -0.25) is 38.3 Å². The van der Waals surface area contributed by atoms with E-state index in [1.54, 1.807) is 17.8 Å². The van der Waals surface area contributed by atoms with Crippen LogP contribution in [-0.4, -0.2) is 135 Å². The number of hydrogen-bond acceptors (Lipinski definition) is 20. The van der Waals surface area contributed by atoms with Crippen molar-refractivity contribution >= 4 is 87.1 Å². The zero-order chi connectivity index (χ0) is 47.0. The Hall–Kier alpha value is -2.52. The summed E-state index contributed by atoms with van der Waals surface area (Å²) in [5.74, 6) is -0.708. The number of anilines is 1. The van der Waals surface area contributed by atoms with E-state index in [1.807, 2.05) is 0 Å². The number of carbonyl (C=O) groups excluding carboxylic acids is 4. The van der Waals surface area contributed by atoms with Gasteiger partial charge in [-0.25, -0.2) is 18.3 Å². The number of aromatic amines is 1. The van der Waals surface area contributed by atoms with Gasteiger partial charge < -0.3 is 50.4 Å². The fourth-order valence-electron chi connectivity index (χ4n) is 5.79. The smallest absolute Gasteiger partial charge is 0.384 e. The molecule has 3 heterocycles. The first kappa shape index (κ1) is 54.8. The van der Waals surface area contributed by atoms with Gasteiger partial charge in [0.15, 0.2) is 30.5 Å². The van der Waals surface area contributed by atoms with E-state index in [4.69, 9.17) is 19.5 Å². The van der Waals surface area contributed by atoms with E-state index in [1.165, 1.54) is 30.8 Å². The van der Waals surface area contributed by atoms with Crippen LogP contribution in [0, 0.1) is 5.41 Å². The highest BCUT2D eigenvalue weighted by molar-refractivity contribution is 8.14. The van der Waals surface area contributed by atoms with E-state index >= 15 is 0 Å². The first-order valence-electron chi connectivity index (χ1n) is 19.3. The zero-order valence-corrected chi connectivity index (χ0v) is 38.8. The van der Waals surface area contributed by atoms with Gasteiger partial charge >= 0.3 is 29.1 Å². The molecule has 0 aromatic carbocycles. The Morgan fingerprint density at radius 3 is 2.51 bits per heavy atom. The first-order chi connectivity index (χ1) is 29.5. The van der Waals surface area contributed by atoms with E-state index in [-0.39, 0.29) is 46.9 Å². The largest absolute Gasteiger partial charge is 0.481 e. The van der Waals surface area contributed by atoms with Crippen LogP contribution in [0.2, 0.25) is 0 Å². The lowest BCUT2D eigenvalue weighted by Gasteiger charge is -2.27. The zero-order valence-electron chi connectivity index (χ0n) is 34.5. The molecule has 1 aliphatic heterocycles. The van der Waals surface area contributed by atoms with Crippen molar-refractivity contribution in [3.8, 4) is 0 Å². The third-order valence-electron chi connectivity index (χ3n) is 8.94. The maximum Gasteiger partial charge on any atom is 0.481 e. The number of thioether (sulfide) groups is 2. The number of ether oxygens (including phenoxy) is 1. The molecule has 8 atom stereocenters. The van der Waals surface area contributed by atoms with Crippen molar-refractivity contribution in [3.63, 3.8) is 0 Å².